The molecular weight excluding hydrogens is 711 g/mol. The molecule has 0 fully saturated rings. The van der Waals surface area contributed by atoms with Crippen LogP contribution in [-0.4, -0.2) is 0 Å². The fourth-order valence-electron chi connectivity index (χ4n) is 8.33. The van der Waals surface area contributed by atoms with Crippen molar-refractivity contribution >= 4 is 27.8 Å². The van der Waals surface area contributed by atoms with Crippen molar-refractivity contribution in [3.05, 3.63) is 249 Å². The summed E-state index contributed by atoms with van der Waals surface area (Å²) < 4.78 is 0. The first-order valence-corrected chi connectivity index (χ1v) is 20.3. The molecule has 1 heteroatoms. The molecular formula is C58H41N. The summed E-state index contributed by atoms with van der Waals surface area (Å²) in [7, 11) is 0. The molecule has 0 atom stereocenters. The zero-order valence-electron chi connectivity index (χ0n) is 32.6. The number of nitrogens with zero attached hydrogens (tertiary/aromatic N) is 1. The minimum atomic E-state index is 1.09. The Balaban J connectivity index is 1.12. The molecule has 0 unspecified atom stereocenters. The van der Waals surface area contributed by atoms with Gasteiger partial charge in [-0.1, -0.05) is 212 Å². The van der Waals surface area contributed by atoms with Crippen LogP contribution < -0.4 is 4.90 Å². The van der Waals surface area contributed by atoms with Gasteiger partial charge in [0.15, 0.2) is 0 Å². The van der Waals surface area contributed by atoms with Gasteiger partial charge in [-0.2, -0.15) is 0 Å². The second-order valence-electron chi connectivity index (χ2n) is 14.9. The topological polar surface area (TPSA) is 3.24 Å². The van der Waals surface area contributed by atoms with Crippen LogP contribution in [0.3, 0.4) is 0 Å². The lowest BCUT2D eigenvalue weighted by Crippen LogP contribution is -2.11. The summed E-state index contributed by atoms with van der Waals surface area (Å²) in [6.07, 6.45) is 0. The molecule has 0 amide bonds. The van der Waals surface area contributed by atoms with Gasteiger partial charge in [-0.3, -0.25) is 0 Å². The number of anilines is 3. The SMILES string of the molecule is c1ccc(-c2ccc(-c3ccc(N(c4ccc5ccccc5c4)c4ccccc4-c4ccccc4-c4cc(-c5ccccc5)ccc4-c4ccccc4)cc3)cc2)cc1. The molecule has 10 aromatic carbocycles. The van der Waals surface area contributed by atoms with E-state index in [1.165, 1.54) is 72.0 Å². The third kappa shape index (κ3) is 7.23. The molecule has 0 N–H and O–H groups in total. The fourth-order valence-corrected chi connectivity index (χ4v) is 8.33. The summed E-state index contributed by atoms with van der Waals surface area (Å²) in [5.74, 6) is 0. The predicted octanol–water partition coefficient (Wildman–Crippen LogP) is 16.3. The maximum absolute atomic E-state index is 2.42. The summed E-state index contributed by atoms with van der Waals surface area (Å²) >= 11 is 0. The van der Waals surface area contributed by atoms with E-state index in [9.17, 15) is 0 Å². The summed E-state index contributed by atoms with van der Waals surface area (Å²) in [6, 6.07) is 89.9. The molecule has 0 aliphatic carbocycles. The van der Waals surface area contributed by atoms with Gasteiger partial charge in [-0.05, 0) is 108 Å². The average molecular weight is 752 g/mol. The average Bonchev–Trinajstić information content (AvgIpc) is 3.33. The van der Waals surface area contributed by atoms with E-state index in [1.807, 2.05) is 0 Å². The minimum absolute atomic E-state index is 1.09. The van der Waals surface area contributed by atoms with E-state index < -0.39 is 0 Å². The van der Waals surface area contributed by atoms with E-state index in [2.05, 4.69) is 254 Å². The van der Waals surface area contributed by atoms with Crippen LogP contribution in [0.1, 0.15) is 0 Å². The number of hydrogen-bond donors (Lipinski definition) is 0. The normalized spacial score (nSPS) is 11.1. The van der Waals surface area contributed by atoms with Crippen LogP contribution in [0, 0.1) is 0 Å². The van der Waals surface area contributed by atoms with Crippen LogP contribution in [-0.2, 0) is 0 Å². The summed E-state index contributed by atoms with van der Waals surface area (Å²) in [5.41, 5.74) is 17.6. The number of para-hydroxylation sites is 1. The van der Waals surface area contributed by atoms with Crippen LogP contribution in [0.5, 0.6) is 0 Å². The van der Waals surface area contributed by atoms with E-state index in [0.717, 1.165) is 22.6 Å². The third-order valence-corrected chi connectivity index (χ3v) is 11.3. The van der Waals surface area contributed by atoms with Gasteiger partial charge in [0, 0.05) is 16.9 Å². The van der Waals surface area contributed by atoms with E-state index in [0.29, 0.717) is 0 Å². The van der Waals surface area contributed by atoms with E-state index in [4.69, 9.17) is 0 Å². The van der Waals surface area contributed by atoms with Crippen LogP contribution in [0.2, 0.25) is 0 Å². The molecule has 0 saturated carbocycles. The van der Waals surface area contributed by atoms with Gasteiger partial charge in [-0.25, -0.2) is 0 Å². The van der Waals surface area contributed by atoms with Crippen LogP contribution >= 0.6 is 0 Å². The Morgan fingerprint density at radius 3 is 1.25 bits per heavy atom. The van der Waals surface area contributed by atoms with Crippen molar-refractivity contribution < 1.29 is 0 Å². The number of benzene rings is 10. The molecule has 0 aliphatic rings. The standard InChI is InChI=1S/C58H41N/c1-4-16-42(17-5-1)45-28-30-46(31-29-45)47-32-36-51(37-33-47)59(52-38-34-44-20-10-11-23-49(44)40-52)58-27-15-14-26-56(58)54-24-12-13-25-55(54)57-41-50(43-18-6-2-7-19-43)35-39-53(57)48-21-8-3-9-22-48/h1-41H. The second-order valence-corrected chi connectivity index (χ2v) is 14.9. The van der Waals surface area contributed by atoms with E-state index in [1.54, 1.807) is 0 Å². The molecule has 0 aromatic heterocycles. The van der Waals surface area contributed by atoms with Gasteiger partial charge in [-0.15, -0.1) is 0 Å². The summed E-state index contributed by atoms with van der Waals surface area (Å²) in [5, 5.41) is 2.42. The minimum Gasteiger partial charge on any atom is -0.310 e. The first-order valence-electron chi connectivity index (χ1n) is 20.3. The molecule has 278 valence electrons. The fraction of sp³-hybridized carbons (Fsp3) is 0. The van der Waals surface area contributed by atoms with Gasteiger partial charge in [0.05, 0.1) is 5.69 Å². The highest BCUT2D eigenvalue weighted by molar-refractivity contribution is 5.99. The van der Waals surface area contributed by atoms with Crippen molar-refractivity contribution in [2.75, 3.05) is 4.90 Å². The van der Waals surface area contributed by atoms with Crippen molar-refractivity contribution in [1.82, 2.24) is 0 Å². The van der Waals surface area contributed by atoms with E-state index in [-0.39, 0.29) is 0 Å². The van der Waals surface area contributed by atoms with Crippen molar-refractivity contribution in [3.63, 3.8) is 0 Å². The lowest BCUT2D eigenvalue weighted by Gasteiger charge is -2.29. The van der Waals surface area contributed by atoms with Gasteiger partial charge in [0.25, 0.3) is 0 Å². The van der Waals surface area contributed by atoms with Crippen LogP contribution in [0.25, 0.3) is 77.5 Å². The van der Waals surface area contributed by atoms with Gasteiger partial charge >= 0.3 is 0 Å². The van der Waals surface area contributed by atoms with Crippen molar-refractivity contribution in [3.8, 4) is 66.8 Å². The van der Waals surface area contributed by atoms with Gasteiger partial charge in [0.1, 0.15) is 0 Å². The highest BCUT2D eigenvalue weighted by atomic mass is 15.1. The molecule has 1 nitrogen and oxygen atoms in total. The highest BCUT2D eigenvalue weighted by Gasteiger charge is 2.21. The van der Waals surface area contributed by atoms with Crippen LogP contribution in [0.15, 0.2) is 249 Å². The first kappa shape index (κ1) is 35.7. The molecule has 10 aromatic rings. The Bertz CT molecular complexity index is 3000. The molecule has 0 aliphatic heterocycles. The van der Waals surface area contributed by atoms with Crippen molar-refractivity contribution in [2.24, 2.45) is 0 Å². The largest absolute Gasteiger partial charge is 0.310 e. The summed E-state index contributed by atoms with van der Waals surface area (Å²) in [4.78, 5) is 2.42. The Morgan fingerprint density at radius 2 is 0.627 bits per heavy atom. The van der Waals surface area contributed by atoms with Crippen LogP contribution in [0.4, 0.5) is 17.1 Å². The molecule has 0 heterocycles. The number of rotatable bonds is 9. The predicted molar refractivity (Wildman–Crippen MR) is 251 cm³/mol. The zero-order valence-corrected chi connectivity index (χ0v) is 32.6. The lowest BCUT2D eigenvalue weighted by atomic mass is 9.87. The van der Waals surface area contributed by atoms with Crippen molar-refractivity contribution in [2.45, 2.75) is 0 Å². The number of hydrogen-bond acceptors (Lipinski definition) is 1. The molecule has 10 rings (SSSR count). The monoisotopic (exact) mass is 751 g/mol. The molecule has 59 heavy (non-hydrogen) atoms. The maximum Gasteiger partial charge on any atom is 0.0540 e. The quantitative estimate of drug-likeness (QED) is 0.142. The summed E-state index contributed by atoms with van der Waals surface area (Å²) in [6.45, 7) is 0. The Kier molecular flexibility index (Phi) is 9.68. The maximum atomic E-state index is 2.42. The van der Waals surface area contributed by atoms with Gasteiger partial charge in [0.2, 0.25) is 0 Å². The lowest BCUT2D eigenvalue weighted by molar-refractivity contribution is 1.29. The van der Waals surface area contributed by atoms with Crippen molar-refractivity contribution in [1.29, 1.82) is 0 Å². The molecule has 0 spiro atoms. The smallest absolute Gasteiger partial charge is 0.0540 e. The zero-order chi connectivity index (χ0) is 39.4. The van der Waals surface area contributed by atoms with E-state index >= 15 is 0 Å². The molecule has 0 bridgehead atoms. The molecule has 0 radical (unpaired) electrons. The third-order valence-electron chi connectivity index (χ3n) is 11.3. The molecule has 0 saturated heterocycles. The number of fused-ring (bicyclic) bond motifs is 1. The Hall–Kier alpha value is -7.74. The highest BCUT2D eigenvalue weighted by Crippen LogP contribution is 2.46. The Labute approximate surface area is 346 Å². The second kappa shape index (κ2) is 16.0. The Morgan fingerprint density at radius 1 is 0.203 bits per heavy atom. The first-order chi connectivity index (χ1) is 29.3. The van der Waals surface area contributed by atoms with Gasteiger partial charge < -0.3 is 4.90 Å².